The van der Waals surface area contributed by atoms with Crippen LogP contribution in [0.5, 0.6) is 0 Å². The van der Waals surface area contributed by atoms with Gasteiger partial charge in [0.15, 0.2) is 0 Å². The number of nitrogens with zero attached hydrogens (tertiary/aromatic N) is 6. The van der Waals surface area contributed by atoms with Gasteiger partial charge in [0.2, 0.25) is 5.91 Å². The largest absolute Gasteiger partial charge is 0.464 e. The topological polar surface area (TPSA) is 163 Å². The summed E-state index contributed by atoms with van der Waals surface area (Å²) in [7, 11) is 5.25. The van der Waals surface area contributed by atoms with Crippen molar-refractivity contribution in [2.75, 3.05) is 47.4 Å². The number of esters is 1. The predicted octanol–water partition coefficient (Wildman–Crippen LogP) is 6.38. The fourth-order valence-corrected chi connectivity index (χ4v) is 10.2. The molecule has 0 radical (unpaired) electrons. The van der Waals surface area contributed by atoms with Gasteiger partial charge in [0, 0.05) is 97.7 Å². The molecule has 68 heavy (non-hydrogen) atoms. The number of hydrogen-bond donors (Lipinski definition) is 3. The van der Waals surface area contributed by atoms with Gasteiger partial charge in [-0.25, -0.2) is 15.2 Å². The highest BCUT2D eigenvalue weighted by atomic mass is 32.1. The molecule has 5 atom stereocenters. The van der Waals surface area contributed by atoms with E-state index in [4.69, 9.17) is 19.4 Å². The maximum Gasteiger partial charge on any atom is 0.324 e. The lowest BCUT2D eigenvalue weighted by Crippen LogP contribution is -2.64. The number of hydrogen-bond acceptors (Lipinski definition) is 11. The van der Waals surface area contributed by atoms with Gasteiger partial charge in [-0.3, -0.25) is 24.4 Å². The zero-order valence-electron chi connectivity index (χ0n) is 41.0. The van der Waals surface area contributed by atoms with Crippen LogP contribution < -0.4 is 16.1 Å². The molecule has 0 spiro atoms. The molecule has 380 valence electrons. The number of rotatable bonds is 10. The molecular formula is C47H75N9O6S6. The van der Waals surface area contributed by atoms with E-state index in [0.717, 1.165) is 44.7 Å². The number of cyclic esters (lactones) is 1. The minimum atomic E-state index is -1.04. The highest BCUT2D eigenvalue weighted by Gasteiger charge is 2.41. The Morgan fingerprint density at radius 1 is 1.07 bits per heavy atom. The van der Waals surface area contributed by atoms with Crippen LogP contribution >= 0.6 is 78.8 Å². The van der Waals surface area contributed by atoms with Gasteiger partial charge in [-0.2, -0.15) is 67.5 Å². The number of carbonyl (C=O) groups excluding carboxylic acids is 4. The molecule has 0 aliphatic carbocycles. The smallest absolute Gasteiger partial charge is 0.324 e. The number of likely N-dealkylation sites (tertiary alicyclic amines) is 1. The number of pyridine rings is 1. The number of likely N-dealkylation sites (N-methyl/N-ethyl adjacent to an activating group) is 1. The number of hydrazine groups is 1. The molecule has 6 bridgehead atoms. The van der Waals surface area contributed by atoms with Crippen molar-refractivity contribution in [3.8, 4) is 22.5 Å². The minimum absolute atomic E-state index is 0. The molecule has 1 aromatic carbocycles. The summed E-state index contributed by atoms with van der Waals surface area (Å²) in [5.74, 6) is -1.17. The first-order valence-corrected chi connectivity index (χ1v) is 23.2. The van der Waals surface area contributed by atoms with E-state index in [-0.39, 0.29) is 111 Å². The van der Waals surface area contributed by atoms with Crippen LogP contribution in [0.4, 0.5) is 4.79 Å². The van der Waals surface area contributed by atoms with Crippen LogP contribution in [0.2, 0.25) is 0 Å². The minimum Gasteiger partial charge on any atom is -0.464 e. The Balaban J connectivity index is 0.00000317. The van der Waals surface area contributed by atoms with Gasteiger partial charge >= 0.3 is 12.0 Å². The molecule has 2 fully saturated rings. The van der Waals surface area contributed by atoms with Crippen molar-refractivity contribution in [2.45, 2.75) is 111 Å². The zero-order chi connectivity index (χ0) is 45.3. The van der Waals surface area contributed by atoms with Crippen molar-refractivity contribution in [2.24, 2.45) is 17.3 Å². The van der Waals surface area contributed by atoms with Crippen LogP contribution in [0.15, 0.2) is 41.9 Å². The molecule has 4 aromatic rings. The second kappa shape index (κ2) is 25.8. The number of carbonyl (C=O) groups is 4. The van der Waals surface area contributed by atoms with Crippen LogP contribution in [0.3, 0.4) is 0 Å². The van der Waals surface area contributed by atoms with E-state index in [1.165, 1.54) is 21.2 Å². The van der Waals surface area contributed by atoms with Crippen LogP contribution in [-0.4, -0.2) is 125 Å². The number of aryl methyl sites for hydroxylation is 1. The van der Waals surface area contributed by atoms with Gasteiger partial charge in [0.25, 0.3) is 5.91 Å². The summed E-state index contributed by atoms with van der Waals surface area (Å²) in [4.78, 5) is 69.6. The monoisotopic (exact) mass is 1050 g/mol. The Bertz CT molecular complexity index is 2340. The molecule has 4 amide bonds. The Kier molecular flexibility index (Phi) is 23.1. The first-order valence-electron chi connectivity index (χ1n) is 22.4. The summed E-state index contributed by atoms with van der Waals surface area (Å²) < 4.78 is 14.2. The van der Waals surface area contributed by atoms with Crippen molar-refractivity contribution in [3.05, 3.63) is 58.2 Å². The van der Waals surface area contributed by atoms with E-state index in [0.29, 0.717) is 56.4 Å². The Labute approximate surface area is 441 Å². The number of benzene rings is 1. The number of urea groups is 1. The number of methoxy groups -OCH3 is 1. The normalized spacial score (nSPS) is 19.5. The fourth-order valence-electron chi connectivity index (χ4n) is 9.31. The summed E-state index contributed by atoms with van der Waals surface area (Å²) in [6, 6.07) is 7.87. The van der Waals surface area contributed by atoms with Gasteiger partial charge in [-0.1, -0.05) is 33.8 Å². The van der Waals surface area contributed by atoms with E-state index < -0.39 is 35.4 Å². The highest BCUT2D eigenvalue weighted by molar-refractivity contribution is 7.60. The number of aromatic nitrogens is 3. The summed E-state index contributed by atoms with van der Waals surface area (Å²) in [6.45, 7) is 16.6. The average Bonchev–Trinajstić information content (AvgIpc) is 3.85. The maximum atomic E-state index is 14.6. The Morgan fingerprint density at radius 3 is 2.43 bits per heavy atom. The summed E-state index contributed by atoms with van der Waals surface area (Å²) >= 11 is 1.43. The molecule has 3 aliphatic rings. The van der Waals surface area contributed by atoms with Crippen molar-refractivity contribution < 1.29 is 28.7 Å². The molecule has 0 saturated carbocycles. The maximum absolute atomic E-state index is 14.6. The number of thiazole rings is 1. The lowest BCUT2D eigenvalue weighted by atomic mass is 9.84. The molecular weight excluding hydrogens is 979 g/mol. The van der Waals surface area contributed by atoms with E-state index in [9.17, 15) is 19.2 Å². The van der Waals surface area contributed by atoms with Crippen molar-refractivity contribution >= 4 is 114 Å². The summed E-state index contributed by atoms with van der Waals surface area (Å²) in [6.07, 6.45) is 3.30. The third kappa shape index (κ3) is 12.8. The standard InChI is InChI=1S/C47H65N9O6S.5H2S/c1-11-55-38-17-16-30-20-33(38)34(42(55)32-14-12-18-49-40(32)29(5)61-10)22-47(6,7)26-62-45(59)35-15-13-19-56(52-35)44(58)36(21-39-50-37(30)25-63-39)51-43(57)41(27(2)3)53(9)46(60)54-23-31(24-54)28(4)48-8;;;;;/h12,14,16-18,20,25,27-29,31,35-36,41,48,52H,11,13,15,19,21-24,26H2,1-10H3,(H,51,57);5*1H2/t28-,29-,35-,36-,41-;;;;;/m0...../s1. The lowest BCUT2D eigenvalue weighted by molar-refractivity contribution is -0.155. The Hall–Kier alpha value is -3.15. The number of amides is 4. The van der Waals surface area contributed by atoms with E-state index >= 15 is 0 Å². The van der Waals surface area contributed by atoms with Crippen molar-refractivity contribution in [1.82, 2.24) is 45.4 Å². The van der Waals surface area contributed by atoms with E-state index in [1.54, 1.807) is 25.3 Å². The van der Waals surface area contributed by atoms with Crippen LogP contribution in [-0.2, 0) is 43.2 Å². The predicted molar refractivity (Wildman–Crippen MR) is 297 cm³/mol. The third-order valence-corrected chi connectivity index (χ3v) is 14.0. The highest BCUT2D eigenvalue weighted by Crippen LogP contribution is 2.42. The quantitative estimate of drug-likeness (QED) is 0.152. The second-order valence-corrected chi connectivity index (χ2v) is 19.5. The van der Waals surface area contributed by atoms with Gasteiger partial charge < -0.3 is 34.5 Å². The number of nitrogens with one attached hydrogen (secondary N) is 3. The van der Waals surface area contributed by atoms with Gasteiger partial charge in [-0.05, 0) is 82.8 Å². The molecule has 0 unspecified atom stereocenters. The SMILES string of the molecule is CCn1c(-c2cccnc2[C@H](C)OC)c2c3cc(ccc31)-c1csc(n1)C[C@H](NC(=O)[C@H](C(C)C)N(C)C(=O)N1CC([C@H](C)NC)C1)C(=O)N1CCC[C@H](N1)C(=O)OCC(C)(C)C2.S.S.S.S.S. The summed E-state index contributed by atoms with van der Waals surface area (Å²) in [5, 5.41) is 11.5. The molecule has 15 nitrogen and oxygen atoms in total. The molecule has 7 rings (SSSR count). The number of fused-ring (bicyclic) bond motifs is 6. The van der Waals surface area contributed by atoms with Gasteiger partial charge in [0.05, 0.1) is 34.8 Å². The average molecular weight is 1050 g/mol. The fraction of sp³-hybridized carbons (Fsp3) is 0.574. The molecule has 3 aromatic heterocycles. The summed E-state index contributed by atoms with van der Waals surface area (Å²) in [5.41, 5.74) is 9.39. The van der Waals surface area contributed by atoms with Crippen molar-refractivity contribution in [1.29, 1.82) is 0 Å². The molecule has 2 saturated heterocycles. The molecule has 3 aliphatic heterocycles. The first-order chi connectivity index (χ1) is 30.0. The third-order valence-electron chi connectivity index (χ3n) is 13.1. The first kappa shape index (κ1) is 61.0. The zero-order valence-corrected chi connectivity index (χ0v) is 46.8. The van der Waals surface area contributed by atoms with Gasteiger partial charge in [0.1, 0.15) is 18.1 Å². The van der Waals surface area contributed by atoms with Crippen molar-refractivity contribution in [3.63, 3.8) is 0 Å². The van der Waals surface area contributed by atoms with Crippen LogP contribution in [0.25, 0.3) is 33.4 Å². The molecule has 6 heterocycles. The van der Waals surface area contributed by atoms with E-state index in [2.05, 4.69) is 72.6 Å². The lowest BCUT2D eigenvalue weighted by Gasteiger charge is -2.45. The Morgan fingerprint density at radius 2 is 1.78 bits per heavy atom. The van der Waals surface area contributed by atoms with Gasteiger partial charge in [-0.15, -0.1) is 11.3 Å². The van der Waals surface area contributed by atoms with E-state index in [1.807, 2.05) is 39.3 Å². The number of ether oxygens (including phenoxy) is 2. The second-order valence-electron chi connectivity index (χ2n) is 18.6. The molecule has 3 N–H and O–H groups in total. The van der Waals surface area contributed by atoms with Crippen LogP contribution in [0.1, 0.15) is 83.7 Å². The van der Waals surface area contributed by atoms with Crippen LogP contribution in [0, 0.1) is 17.3 Å². The molecule has 21 heteroatoms.